The molecule has 1 N–H and O–H groups in total. The molecule has 1 aromatic carbocycles. The topological polar surface area (TPSA) is 71.1 Å². The lowest BCUT2D eigenvalue weighted by Crippen LogP contribution is -2.37. The molecule has 0 aliphatic carbocycles. The molecular weight excluding hydrogens is 328 g/mol. The third-order valence-corrected chi connectivity index (χ3v) is 4.63. The molecular formula is C20H20N4O2. The van der Waals surface area contributed by atoms with Gasteiger partial charge in [-0.2, -0.15) is 0 Å². The van der Waals surface area contributed by atoms with Crippen molar-refractivity contribution in [3.05, 3.63) is 65.7 Å². The Kier molecular flexibility index (Phi) is 4.39. The second-order valence-electron chi connectivity index (χ2n) is 6.34. The molecule has 0 saturated heterocycles. The van der Waals surface area contributed by atoms with Crippen LogP contribution in [-0.2, 0) is 24.2 Å². The zero-order valence-electron chi connectivity index (χ0n) is 14.6. The molecule has 0 unspecified atom stereocenters. The largest absolute Gasteiger partial charge is 0.497 e. The smallest absolute Gasteiger partial charge is 0.227 e. The minimum atomic E-state index is 0.123. The summed E-state index contributed by atoms with van der Waals surface area (Å²) in [7, 11) is 1.63. The van der Waals surface area contributed by atoms with E-state index >= 15 is 0 Å². The lowest BCUT2D eigenvalue weighted by Gasteiger charge is -2.26. The fourth-order valence-electron chi connectivity index (χ4n) is 3.18. The van der Waals surface area contributed by atoms with Gasteiger partial charge in [-0.25, -0.2) is 4.98 Å². The third kappa shape index (κ3) is 3.31. The van der Waals surface area contributed by atoms with E-state index in [0.717, 1.165) is 40.5 Å². The number of nitrogens with zero attached hydrogens (tertiary/aromatic N) is 3. The quantitative estimate of drug-likeness (QED) is 0.787. The van der Waals surface area contributed by atoms with Crippen LogP contribution >= 0.6 is 0 Å². The Bertz CT molecular complexity index is 903. The van der Waals surface area contributed by atoms with E-state index < -0.39 is 0 Å². The molecule has 4 rings (SSSR count). The van der Waals surface area contributed by atoms with Gasteiger partial charge in [-0.3, -0.25) is 9.78 Å². The van der Waals surface area contributed by atoms with Crippen LogP contribution in [0.1, 0.15) is 17.0 Å². The summed E-state index contributed by atoms with van der Waals surface area (Å²) in [5.74, 6) is 1.73. The molecule has 1 aliphatic rings. The SMILES string of the molecule is COc1ccc(CC(=O)N2CCc3nc(-c4cccnc4)[nH]c3C2)cc1. The van der Waals surface area contributed by atoms with E-state index in [0.29, 0.717) is 19.5 Å². The number of imidazole rings is 1. The second kappa shape index (κ2) is 7.00. The Hall–Kier alpha value is -3.15. The summed E-state index contributed by atoms with van der Waals surface area (Å²) in [6, 6.07) is 11.5. The minimum absolute atomic E-state index is 0.123. The van der Waals surface area contributed by atoms with Crippen LogP contribution in [0.25, 0.3) is 11.4 Å². The molecule has 1 amide bonds. The van der Waals surface area contributed by atoms with Crippen LogP contribution in [0.4, 0.5) is 0 Å². The Morgan fingerprint density at radius 2 is 2.12 bits per heavy atom. The van der Waals surface area contributed by atoms with E-state index in [1.807, 2.05) is 41.3 Å². The highest BCUT2D eigenvalue weighted by Crippen LogP contribution is 2.23. The molecule has 0 radical (unpaired) electrons. The van der Waals surface area contributed by atoms with Crippen LogP contribution in [0.5, 0.6) is 5.75 Å². The van der Waals surface area contributed by atoms with Gasteiger partial charge < -0.3 is 14.6 Å². The zero-order valence-corrected chi connectivity index (χ0v) is 14.6. The summed E-state index contributed by atoms with van der Waals surface area (Å²) in [4.78, 5) is 26.7. The number of pyridine rings is 1. The molecule has 0 saturated carbocycles. The molecule has 0 bridgehead atoms. The van der Waals surface area contributed by atoms with Crippen molar-refractivity contribution in [2.75, 3.05) is 13.7 Å². The first-order chi connectivity index (χ1) is 12.7. The summed E-state index contributed by atoms with van der Waals surface area (Å²) in [6.45, 7) is 1.26. The number of nitrogens with one attached hydrogen (secondary N) is 1. The highest BCUT2D eigenvalue weighted by atomic mass is 16.5. The molecule has 6 nitrogen and oxygen atoms in total. The first kappa shape index (κ1) is 16.3. The van der Waals surface area contributed by atoms with Crippen LogP contribution in [0, 0.1) is 0 Å². The van der Waals surface area contributed by atoms with Gasteiger partial charge in [-0.1, -0.05) is 12.1 Å². The molecule has 132 valence electrons. The van der Waals surface area contributed by atoms with Crippen LogP contribution in [0.15, 0.2) is 48.8 Å². The van der Waals surface area contributed by atoms with Crippen molar-refractivity contribution in [2.45, 2.75) is 19.4 Å². The Morgan fingerprint density at radius 1 is 1.27 bits per heavy atom. The van der Waals surface area contributed by atoms with Crippen molar-refractivity contribution in [3.63, 3.8) is 0 Å². The summed E-state index contributed by atoms with van der Waals surface area (Å²) in [6.07, 6.45) is 4.69. The summed E-state index contributed by atoms with van der Waals surface area (Å²) >= 11 is 0. The highest BCUT2D eigenvalue weighted by molar-refractivity contribution is 5.79. The van der Waals surface area contributed by atoms with Gasteiger partial charge in [0.2, 0.25) is 5.91 Å². The number of ether oxygens (including phenoxy) is 1. The number of hydrogen-bond donors (Lipinski definition) is 1. The maximum atomic E-state index is 12.7. The summed E-state index contributed by atoms with van der Waals surface area (Å²) in [5, 5.41) is 0. The summed E-state index contributed by atoms with van der Waals surface area (Å²) in [5.41, 5.74) is 4.00. The van der Waals surface area contributed by atoms with Gasteiger partial charge in [0.1, 0.15) is 11.6 Å². The average molecular weight is 348 g/mol. The van der Waals surface area contributed by atoms with Gasteiger partial charge in [0.25, 0.3) is 0 Å². The van der Waals surface area contributed by atoms with E-state index in [9.17, 15) is 4.79 Å². The third-order valence-electron chi connectivity index (χ3n) is 4.63. The number of methoxy groups -OCH3 is 1. The van der Waals surface area contributed by atoms with Gasteiger partial charge in [-0.15, -0.1) is 0 Å². The number of hydrogen-bond acceptors (Lipinski definition) is 4. The van der Waals surface area contributed by atoms with Crippen LogP contribution < -0.4 is 4.74 Å². The fraction of sp³-hybridized carbons (Fsp3) is 0.250. The first-order valence-corrected chi connectivity index (χ1v) is 8.62. The van der Waals surface area contributed by atoms with Crippen LogP contribution in [0.3, 0.4) is 0 Å². The lowest BCUT2D eigenvalue weighted by molar-refractivity contribution is -0.131. The number of amides is 1. The first-order valence-electron chi connectivity index (χ1n) is 8.62. The van der Waals surface area contributed by atoms with Crippen LogP contribution in [0.2, 0.25) is 0 Å². The maximum absolute atomic E-state index is 12.7. The predicted molar refractivity (Wildman–Crippen MR) is 97.6 cm³/mol. The molecule has 26 heavy (non-hydrogen) atoms. The van der Waals surface area contributed by atoms with Gasteiger partial charge >= 0.3 is 0 Å². The van der Waals surface area contributed by atoms with Crippen molar-refractivity contribution in [2.24, 2.45) is 0 Å². The van der Waals surface area contributed by atoms with Gasteiger partial charge in [0.05, 0.1) is 31.5 Å². The fourth-order valence-corrected chi connectivity index (χ4v) is 3.18. The van der Waals surface area contributed by atoms with Crippen molar-refractivity contribution < 1.29 is 9.53 Å². The van der Waals surface area contributed by atoms with E-state index in [4.69, 9.17) is 4.74 Å². The van der Waals surface area contributed by atoms with Gasteiger partial charge in [0, 0.05) is 30.9 Å². The van der Waals surface area contributed by atoms with Crippen molar-refractivity contribution in [1.29, 1.82) is 0 Å². The van der Waals surface area contributed by atoms with E-state index in [1.54, 1.807) is 19.5 Å². The number of rotatable bonds is 4. The molecule has 0 fully saturated rings. The maximum Gasteiger partial charge on any atom is 0.227 e. The minimum Gasteiger partial charge on any atom is -0.497 e. The van der Waals surface area contributed by atoms with Crippen molar-refractivity contribution in [3.8, 4) is 17.1 Å². The lowest BCUT2D eigenvalue weighted by atomic mass is 10.1. The molecule has 2 aromatic heterocycles. The normalized spacial score (nSPS) is 13.3. The molecule has 3 heterocycles. The molecule has 3 aromatic rings. The van der Waals surface area contributed by atoms with Gasteiger partial charge in [0.15, 0.2) is 0 Å². The molecule has 0 atom stereocenters. The number of fused-ring (bicyclic) bond motifs is 1. The van der Waals surface area contributed by atoms with Crippen LogP contribution in [-0.4, -0.2) is 39.4 Å². The van der Waals surface area contributed by atoms with E-state index in [2.05, 4.69) is 15.0 Å². The number of H-pyrrole nitrogens is 1. The molecule has 1 aliphatic heterocycles. The Morgan fingerprint density at radius 3 is 2.85 bits per heavy atom. The Balaban J connectivity index is 1.45. The number of benzene rings is 1. The molecule has 0 spiro atoms. The monoisotopic (exact) mass is 348 g/mol. The number of aromatic nitrogens is 3. The standard InChI is InChI=1S/C20H20N4O2/c1-26-16-6-4-14(5-7-16)11-19(25)24-10-8-17-18(13-24)23-20(22-17)15-3-2-9-21-12-15/h2-7,9,12H,8,10-11,13H2,1H3,(H,22,23). The van der Waals surface area contributed by atoms with Crippen molar-refractivity contribution in [1.82, 2.24) is 19.9 Å². The number of aromatic amines is 1. The number of carbonyl (C=O) groups excluding carboxylic acids is 1. The summed E-state index contributed by atoms with van der Waals surface area (Å²) < 4.78 is 5.16. The number of carbonyl (C=O) groups is 1. The predicted octanol–water partition coefficient (Wildman–Crippen LogP) is 2.61. The average Bonchev–Trinajstić information content (AvgIpc) is 3.12. The van der Waals surface area contributed by atoms with E-state index in [-0.39, 0.29) is 5.91 Å². The van der Waals surface area contributed by atoms with Gasteiger partial charge in [-0.05, 0) is 29.8 Å². The Labute approximate surface area is 151 Å². The highest BCUT2D eigenvalue weighted by Gasteiger charge is 2.24. The molecule has 6 heteroatoms. The van der Waals surface area contributed by atoms with E-state index in [1.165, 1.54) is 0 Å². The second-order valence-corrected chi connectivity index (χ2v) is 6.34. The zero-order chi connectivity index (χ0) is 17.9. The van der Waals surface area contributed by atoms with Crippen molar-refractivity contribution >= 4 is 5.91 Å².